The minimum absolute atomic E-state index is 0.250. The van der Waals surface area contributed by atoms with Crippen LogP contribution >= 0.6 is 0 Å². The van der Waals surface area contributed by atoms with Crippen molar-refractivity contribution in [2.75, 3.05) is 6.61 Å². The van der Waals surface area contributed by atoms with Crippen LogP contribution in [0.15, 0.2) is 6.20 Å². The van der Waals surface area contributed by atoms with Crippen LogP contribution in [-0.2, 0) is 13.0 Å². The summed E-state index contributed by atoms with van der Waals surface area (Å²) in [5, 5.41) is 8.66. The number of aliphatic hydroxyl groups excluding tert-OH is 1. The summed E-state index contributed by atoms with van der Waals surface area (Å²) in [5.74, 6) is 1.11. The minimum Gasteiger partial charge on any atom is -0.396 e. The lowest BCUT2D eigenvalue weighted by Gasteiger charge is -2.03. The third-order valence-corrected chi connectivity index (χ3v) is 1.85. The molecular weight excluding hydrogens is 152 g/mol. The first kappa shape index (κ1) is 9.26. The molecule has 0 aliphatic carbocycles. The summed E-state index contributed by atoms with van der Waals surface area (Å²) in [7, 11) is 0. The maximum Gasteiger partial charge on any atom is 0.108 e. The molecule has 0 spiro atoms. The van der Waals surface area contributed by atoms with Crippen LogP contribution in [0.5, 0.6) is 0 Å². The Morgan fingerprint density at radius 3 is 2.92 bits per heavy atom. The predicted molar refractivity (Wildman–Crippen MR) is 48.0 cm³/mol. The number of aliphatic hydroxyl groups is 1. The van der Waals surface area contributed by atoms with E-state index in [1.54, 1.807) is 0 Å². The molecule has 1 aromatic rings. The van der Waals surface area contributed by atoms with Gasteiger partial charge in [0, 0.05) is 25.8 Å². The lowest BCUT2D eigenvalue weighted by molar-refractivity contribution is 0.279. The Bertz CT molecular complexity index is 243. The molecule has 0 saturated heterocycles. The molecular formula is C9H16N2O. The SMILES string of the molecule is CCc1nc(C)cn1CCCO. The molecule has 0 fully saturated rings. The zero-order valence-corrected chi connectivity index (χ0v) is 7.75. The van der Waals surface area contributed by atoms with Crippen molar-refractivity contribution in [3.8, 4) is 0 Å². The van der Waals surface area contributed by atoms with E-state index >= 15 is 0 Å². The highest BCUT2D eigenvalue weighted by atomic mass is 16.3. The lowest BCUT2D eigenvalue weighted by atomic mass is 10.4. The van der Waals surface area contributed by atoms with Crippen molar-refractivity contribution in [2.24, 2.45) is 0 Å². The molecule has 0 aromatic carbocycles. The fraction of sp³-hybridized carbons (Fsp3) is 0.667. The molecule has 1 heterocycles. The van der Waals surface area contributed by atoms with E-state index in [0.717, 1.165) is 30.9 Å². The summed E-state index contributed by atoms with van der Waals surface area (Å²) in [6.45, 7) is 5.22. The van der Waals surface area contributed by atoms with Gasteiger partial charge in [-0.05, 0) is 13.3 Å². The van der Waals surface area contributed by atoms with Gasteiger partial charge in [0.1, 0.15) is 5.82 Å². The molecule has 0 radical (unpaired) electrons. The maximum absolute atomic E-state index is 8.66. The Kier molecular flexibility index (Phi) is 3.29. The number of aromatic nitrogens is 2. The van der Waals surface area contributed by atoms with E-state index in [1.165, 1.54) is 0 Å². The molecule has 0 amide bonds. The zero-order valence-electron chi connectivity index (χ0n) is 7.75. The Morgan fingerprint density at radius 2 is 2.33 bits per heavy atom. The number of hydrogen-bond acceptors (Lipinski definition) is 2. The van der Waals surface area contributed by atoms with Crippen LogP contribution < -0.4 is 0 Å². The van der Waals surface area contributed by atoms with Crippen LogP contribution in [0.25, 0.3) is 0 Å². The smallest absolute Gasteiger partial charge is 0.108 e. The van der Waals surface area contributed by atoms with Crippen molar-refractivity contribution in [3.63, 3.8) is 0 Å². The molecule has 0 aliphatic rings. The molecule has 0 aliphatic heterocycles. The van der Waals surface area contributed by atoms with Crippen molar-refractivity contribution in [1.29, 1.82) is 0 Å². The predicted octanol–water partition coefficient (Wildman–Crippen LogP) is 1.14. The van der Waals surface area contributed by atoms with E-state index in [2.05, 4.69) is 16.5 Å². The third-order valence-electron chi connectivity index (χ3n) is 1.85. The second-order valence-corrected chi connectivity index (χ2v) is 2.92. The number of aryl methyl sites for hydroxylation is 3. The van der Waals surface area contributed by atoms with Crippen molar-refractivity contribution in [2.45, 2.75) is 33.2 Å². The van der Waals surface area contributed by atoms with Gasteiger partial charge in [0.25, 0.3) is 0 Å². The van der Waals surface area contributed by atoms with Gasteiger partial charge in [0.15, 0.2) is 0 Å². The molecule has 0 saturated carbocycles. The van der Waals surface area contributed by atoms with E-state index < -0.39 is 0 Å². The average Bonchev–Trinajstić information content (AvgIpc) is 2.42. The summed E-state index contributed by atoms with van der Waals surface area (Å²) >= 11 is 0. The number of nitrogens with zero attached hydrogens (tertiary/aromatic N) is 2. The minimum atomic E-state index is 0.250. The van der Waals surface area contributed by atoms with Gasteiger partial charge in [-0.15, -0.1) is 0 Å². The highest BCUT2D eigenvalue weighted by Gasteiger charge is 2.01. The quantitative estimate of drug-likeness (QED) is 0.732. The number of imidazole rings is 1. The van der Waals surface area contributed by atoms with Gasteiger partial charge < -0.3 is 9.67 Å². The van der Waals surface area contributed by atoms with Gasteiger partial charge in [-0.1, -0.05) is 6.92 Å². The van der Waals surface area contributed by atoms with E-state index in [0.29, 0.717) is 0 Å². The van der Waals surface area contributed by atoms with Crippen LogP contribution in [0.3, 0.4) is 0 Å². The lowest BCUT2D eigenvalue weighted by Crippen LogP contribution is -2.03. The van der Waals surface area contributed by atoms with Gasteiger partial charge in [0.2, 0.25) is 0 Å². The van der Waals surface area contributed by atoms with Crippen LogP contribution in [0.2, 0.25) is 0 Å². The molecule has 3 heteroatoms. The second kappa shape index (κ2) is 4.26. The molecule has 12 heavy (non-hydrogen) atoms. The Hall–Kier alpha value is -0.830. The normalized spacial score (nSPS) is 10.6. The van der Waals surface area contributed by atoms with Crippen LogP contribution in [0.1, 0.15) is 24.9 Å². The summed E-state index contributed by atoms with van der Waals surface area (Å²) in [6, 6.07) is 0. The first-order valence-electron chi connectivity index (χ1n) is 4.41. The molecule has 0 bridgehead atoms. The molecule has 68 valence electrons. The molecule has 1 N–H and O–H groups in total. The highest BCUT2D eigenvalue weighted by molar-refractivity contribution is 5.01. The average molecular weight is 168 g/mol. The Balaban J connectivity index is 2.68. The topological polar surface area (TPSA) is 38.0 Å². The van der Waals surface area contributed by atoms with Crippen molar-refractivity contribution < 1.29 is 5.11 Å². The molecule has 1 rings (SSSR count). The summed E-state index contributed by atoms with van der Waals surface area (Å²) < 4.78 is 2.12. The van der Waals surface area contributed by atoms with E-state index in [4.69, 9.17) is 5.11 Å². The highest BCUT2D eigenvalue weighted by Crippen LogP contribution is 2.03. The summed E-state index contributed by atoms with van der Waals surface area (Å²) in [6.07, 6.45) is 3.80. The first-order valence-corrected chi connectivity index (χ1v) is 4.41. The van der Waals surface area contributed by atoms with Crippen LogP contribution in [-0.4, -0.2) is 21.3 Å². The summed E-state index contributed by atoms with van der Waals surface area (Å²) in [5.41, 5.74) is 1.06. The first-order chi connectivity index (χ1) is 5.77. The van der Waals surface area contributed by atoms with Gasteiger partial charge in [-0.3, -0.25) is 0 Å². The Labute approximate surface area is 73.1 Å². The van der Waals surface area contributed by atoms with Crippen LogP contribution in [0, 0.1) is 6.92 Å². The fourth-order valence-corrected chi connectivity index (χ4v) is 1.31. The van der Waals surface area contributed by atoms with Crippen molar-refractivity contribution in [3.05, 3.63) is 17.7 Å². The molecule has 0 unspecified atom stereocenters. The fourth-order valence-electron chi connectivity index (χ4n) is 1.31. The standard InChI is InChI=1S/C9H16N2O/c1-3-9-10-8(2)7-11(9)5-4-6-12/h7,12H,3-6H2,1-2H3. The van der Waals surface area contributed by atoms with Crippen molar-refractivity contribution >= 4 is 0 Å². The van der Waals surface area contributed by atoms with Gasteiger partial charge in [-0.2, -0.15) is 0 Å². The van der Waals surface area contributed by atoms with Gasteiger partial charge in [0.05, 0.1) is 5.69 Å². The van der Waals surface area contributed by atoms with Gasteiger partial charge >= 0.3 is 0 Å². The van der Waals surface area contributed by atoms with Crippen LogP contribution in [0.4, 0.5) is 0 Å². The number of rotatable bonds is 4. The van der Waals surface area contributed by atoms with E-state index in [1.807, 2.05) is 13.1 Å². The largest absolute Gasteiger partial charge is 0.396 e. The Morgan fingerprint density at radius 1 is 1.58 bits per heavy atom. The third kappa shape index (κ3) is 2.08. The van der Waals surface area contributed by atoms with Crippen molar-refractivity contribution in [1.82, 2.24) is 9.55 Å². The molecule has 3 nitrogen and oxygen atoms in total. The maximum atomic E-state index is 8.66. The summed E-state index contributed by atoms with van der Waals surface area (Å²) in [4.78, 5) is 4.36. The van der Waals surface area contributed by atoms with E-state index in [-0.39, 0.29) is 6.61 Å². The second-order valence-electron chi connectivity index (χ2n) is 2.92. The zero-order chi connectivity index (χ0) is 8.97. The molecule has 1 aromatic heterocycles. The molecule has 0 atom stereocenters. The monoisotopic (exact) mass is 168 g/mol. The van der Waals surface area contributed by atoms with Gasteiger partial charge in [-0.25, -0.2) is 4.98 Å². The van der Waals surface area contributed by atoms with E-state index in [9.17, 15) is 0 Å². The number of hydrogen-bond donors (Lipinski definition) is 1.